The molecule has 2 unspecified atom stereocenters. The summed E-state index contributed by atoms with van der Waals surface area (Å²) in [7, 11) is 0. The molecule has 2 atom stereocenters. The maximum Gasteiger partial charge on any atom is 0.119 e. The molecular formula is C16H23ClO. The van der Waals surface area contributed by atoms with Crippen LogP contribution >= 0.6 is 11.6 Å². The topological polar surface area (TPSA) is 9.23 Å². The zero-order valence-corrected chi connectivity index (χ0v) is 11.7. The number of ether oxygens (including phenoxy) is 1. The van der Waals surface area contributed by atoms with Gasteiger partial charge in [0.25, 0.3) is 0 Å². The third-order valence-corrected chi connectivity index (χ3v) is 4.13. The lowest BCUT2D eigenvalue weighted by atomic mass is 9.95. The first-order valence-electron chi connectivity index (χ1n) is 7.16. The highest BCUT2D eigenvalue weighted by atomic mass is 35.5. The van der Waals surface area contributed by atoms with Gasteiger partial charge >= 0.3 is 0 Å². The Hall–Kier alpha value is -0.690. The summed E-state index contributed by atoms with van der Waals surface area (Å²) in [6.45, 7) is 0.827. The van der Waals surface area contributed by atoms with Crippen molar-refractivity contribution in [2.45, 2.75) is 50.3 Å². The van der Waals surface area contributed by atoms with Crippen LogP contribution in [0.1, 0.15) is 44.9 Å². The fraction of sp³-hybridized carbons (Fsp3) is 0.625. The first-order valence-corrected chi connectivity index (χ1v) is 7.60. The molecule has 1 fully saturated rings. The van der Waals surface area contributed by atoms with Gasteiger partial charge in [-0.1, -0.05) is 37.5 Å². The molecule has 1 aromatic rings. The molecule has 1 saturated carbocycles. The Morgan fingerprint density at radius 1 is 1.11 bits per heavy atom. The summed E-state index contributed by atoms with van der Waals surface area (Å²) in [5.41, 5.74) is 0. The highest BCUT2D eigenvalue weighted by Crippen LogP contribution is 2.29. The second kappa shape index (κ2) is 7.68. The molecule has 18 heavy (non-hydrogen) atoms. The van der Waals surface area contributed by atoms with E-state index in [1.54, 1.807) is 0 Å². The van der Waals surface area contributed by atoms with Crippen LogP contribution in [0.5, 0.6) is 5.75 Å². The molecule has 0 aliphatic heterocycles. The molecule has 2 rings (SSSR count). The van der Waals surface area contributed by atoms with Crippen molar-refractivity contribution in [1.29, 1.82) is 0 Å². The summed E-state index contributed by atoms with van der Waals surface area (Å²) in [5.74, 6) is 1.79. The minimum atomic E-state index is 0.410. The number of rotatable bonds is 5. The van der Waals surface area contributed by atoms with Crippen LogP contribution in [-0.2, 0) is 0 Å². The van der Waals surface area contributed by atoms with E-state index >= 15 is 0 Å². The zero-order valence-electron chi connectivity index (χ0n) is 11.0. The van der Waals surface area contributed by atoms with Crippen LogP contribution in [0.15, 0.2) is 30.3 Å². The number of hydrogen-bond acceptors (Lipinski definition) is 1. The molecule has 0 aromatic heterocycles. The van der Waals surface area contributed by atoms with Crippen molar-refractivity contribution in [3.8, 4) is 5.75 Å². The van der Waals surface area contributed by atoms with Gasteiger partial charge in [-0.15, -0.1) is 11.6 Å². The van der Waals surface area contributed by atoms with Crippen molar-refractivity contribution >= 4 is 11.6 Å². The molecule has 1 aromatic carbocycles. The first kappa shape index (κ1) is 13.7. The van der Waals surface area contributed by atoms with E-state index in [9.17, 15) is 0 Å². The molecule has 0 heterocycles. The van der Waals surface area contributed by atoms with Gasteiger partial charge in [-0.25, -0.2) is 0 Å². The van der Waals surface area contributed by atoms with Crippen LogP contribution in [0.4, 0.5) is 0 Å². The first-order chi connectivity index (χ1) is 8.84. The normalized spacial score (nSPS) is 24.5. The third kappa shape index (κ3) is 4.89. The molecular weight excluding hydrogens is 244 g/mol. The average Bonchev–Trinajstić information content (AvgIpc) is 2.60. The monoisotopic (exact) mass is 266 g/mol. The van der Waals surface area contributed by atoms with Crippen molar-refractivity contribution in [3.63, 3.8) is 0 Å². The van der Waals surface area contributed by atoms with Gasteiger partial charge in [0.05, 0.1) is 6.61 Å². The molecule has 0 N–H and O–H groups in total. The van der Waals surface area contributed by atoms with E-state index in [1.165, 1.54) is 38.5 Å². The molecule has 0 saturated heterocycles. The maximum atomic E-state index is 6.29. The van der Waals surface area contributed by atoms with Gasteiger partial charge in [0, 0.05) is 5.38 Å². The third-order valence-electron chi connectivity index (χ3n) is 3.74. The molecule has 0 bridgehead atoms. The quantitative estimate of drug-likeness (QED) is 0.412. The smallest absolute Gasteiger partial charge is 0.119 e. The highest BCUT2D eigenvalue weighted by Gasteiger charge is 2.17. The van der Waals surface area contributed by atoms with Gasteiger partial charge in [-0.2, -0.15) is 0 Å². The lowest BCUT2D eigenvalue weighted by molar-refractivity contribution is 0.286. The minimum absolute atomic E-state index is 0.410. The van der Waals surface area contributed by atoms with E-state index in [1.807, 2.05) is 30.3 Å². The summed E-state index contributed by atoms with van der Waals surface area (Å²) < 4.78 is 5.72. The summed E-state index contributed by atoms with van der Waals surface area (Å²) in [4.78, 5) is 0. The second-order valence-electron chi connectivity index (χ2n) is 5.29. The van der Waals surface area contributed by atoms with E-state index in [4.69, 9.17) is 16.3 Å². The summed E-state index contributed by atoms with van der Waals surface area (Å²) in [5, 5.41) is 0.410. The number of halogens is 1. The fourth-order valence-corrected chi connectivity index (χ4v) is 3.14. The van der Waals surface area contributed by atoms with Crippen LogP contribution in [0.2, 0.25) is 0 Å². The van der Waals surface area contributed by atoms with Crippen LogP contribution < -0.4 is 4.74 Å². The van der Waals surface area contributed by atoms with Gasteiger partial charge < -0.3 is 4.74 Å². The molecule has 0 spiro atoms. The molecule has 1 aliphatic rings. The minimum Gasteiger partial charge on any atom is -0.494 e. The standard InChI is InChI=1S/C16H23ClO/c17-15-9-5-4-7-14(13-15)8-6-12-18-16-10-2-1-3-11-16/h1-3,10-11,14-15H,4-9,12-13H2. The lowest BCUT2D eigenvalue weighted by Gasteiger charge is -2.16. The maximum absolute atomic E-state index is 6.29. The molecule has 0 amide bonds. The number of hydrogen-bond donors (Lipinski definition) is 0. The van der Waals surface area contributed by atoms with Crippen molar-refractivity contribution in [2.24, 2.45) is 5.92 Å². The largest absolute Gasteiger partial charge is 0.494 e. The molecule has 2 heteroatoms. The molecule has 1 aliphatic carbocycles. The lowest BCUT2D eigenvalue weighted by Crippen LogP contribution is -2.07. The van der Waals surface area contributed by atoms with Gasteiger partial charge in [0.15, 0.2) is 0 Å². The van der Waals surface area contributed by atoms with Gasteiger partial charge in [0.1, 0.15) is 5.75 Å². The Morgan fingerprint density at radius 3 is 2.72 bits per heavy atom. The molecule has 0 radical (unpaired) electrons. The summed E-state index contributed by atoms with van der Waals surface area (Å²) >= 11 is 6.29. The van der Waals surface area contributed by atoms with Crippen molar-refractivity contribution in [2.75, 3.05) is 6.61 Å². The van der Waals surface area contributed by atoms with Crippen LogP contribution in [0, 0.1) is 5.92 Å². The van der Waals surface area contributed by atoms with E-state index in [-0.39, 0.29) is 0 Å². The second-order valence-corrected chi connectivity index (χ2v) is 5.90. The van der Waals surface area contributed by atoms with Gasteiger partial charge in [0.2, 0.25) is 0 Å². The van der Waals surface area contributed by atoms with Gasteiger partial charge in [-0.3, -0.25) is 0 Å². The Bertz CT molecular complexity index is 325. The SMILES string of the molecule is ClC1CCCCC(CCCOc2ccccc2)C1. The number of benzene rings is 1. The van der Waals surface area contributed by atoms with Crippen LogP contribution in [0.25, 0.3) is 0 Å². The molecule has 100 valence electrons. The number of alkyl halides is 1. The average molecular weight is 267 g/mol. The highest BCUT2D eigenvalue weighted by molar-refractivity contribution is 6.20. The van der Waals surface area contributed by atoms with Crippen molar-refractivity contribution in [1.82, 2.24) is 0 Å². The Balaban J connectivity index is 1.63. The van der Waals surface area contributed by atoms with Gasteiger partial charge in [-0.05, 0) is 43.7 Å². The molecule has 1 nitrogen and oxygen atoms in total. The van der Waals surface area contributed by atoms with E-state index in [0.717, 1.165) is 24.7 Å². The van der Waals surface area contributed by atoms with E-state index in [2.05, 4.69) is 0 Å². The Morgan fingerprint density at radius 2 is 1.89 bits per heavy atom. The van der Waals surface area contributed by atoms with E-state index in [0.29, 0.717) is 5.38 Å². The fourth-order valence-electron chi connectivity index (χ4n) is 2.74. The predicted octanol–water partition coefficient (Wildman–Crippen LogP) is 5.03. The summed E-state index contributed by atoms with van der Waals surface area (Å²) in [6, 6.07) is 10.1. The van der Waals surface area contributed by atoms with Crippen LogP contribution in [-0.4, -0.2) is 12.0 Å². The van der Waals surface area contributed by atoms with Crippen LogP contribution in [0.3, 0.4) is 0 Å². The predicted molar refractivity (Wildman–Crippen MR) is 77.4 cm³/mol. The van der Waals surface area contributed by atoms with Crippen molar-refractivity contribution < 1.29 is 4.74 Å². The summed E-state index contributed by atoms with van der Waals surface area (Å²) in [6.07, 6.45) is 8.83. The zero-order chi connectivity index (χ0) is 12.6. The number of para-hydroxylation sites is 1. The Labute approximate surface area is 115 Å². The Kier molecular flexibility index (Phi) is 5.86. The van der Waals surface area contributed by atoms with Crippen molar-refractivity contribution in [3.05, 3.63) is 30.3 Å². The van der Waals surface area contributed by atoms with E-state index < -0.39 is 0 Å².